The average molecular weight is 379 g/mol. The molecule has 0 amide bonds. The lowest BCUT2D eigenvalue weighted by Crippen LogP contribution is -2.39. The van der Waals surface area contributed by atoms with Gasteiger partial charge in [0.2, 0.25) is 0 Å². The number of unbranched alkanes of at least 4 members (excludes halogenated alkanes) is 3. The van der Waals surface area contributed by atoms with Crippen molar-refractivity contribution < 1.29 is 28.4 Å². The highest BCUT2D eigenvalue weighted by Crippen LogP contribution is 2.14. The summed E-state index contributed by atoms with van der Waals surface area (Å²) in [4.78, 5) is 0. The Morgan fingerprint density at radius 3 is 1.04 bits per heavy atom. The monoisotopic (exact) mass is 378 g/mol. The quantitative estimate of drug-likeness (QED) is 0.221. The molecule has 6 nitrogen and oxygen atoms in total. The Morgan fingerprint density at radius 2 is 0.769 bits per heavy atom. The van der Waals surface area contributed by atoms with Crippen LogP contribution in [0.2, 0.25) is 0 Å². The van der Waals surface area contributed by atoms with Crippen molar-refractivity contribution in [2.75, 3.05) is 59.5 Å². The normalized spacial score (nSPS) is 12.0. The molecule has 0 aromatic heterocycles. The summed E-state index contributed by atoms with van der Waals surface area (Å²) < 4.78 is 33.9. The minimum Gasteiger partial charge on any atom is -0.379 e. The molecule has 0 N–H and O–H groups in total. The number of rotatable bonds is 21. The highest BCUT2D eigenvalue weighted by molar-refractivity contribution is 4.50. The zero-order valence-corrected chi connectivity index (χ0v) is 17.6. The van der Waals surface area contributed by atoms with E-state index in [1.54, 1.807) is 6.92 Å². The number of ether oxygens (including phenoxy) is 6. The van der Waals surface area contributed by atoms with Crippen molar-refractivity contribution in [3.05, 3.63) is 0 Å². The van der Waals surface area contributed by atoms with E-state index in [-0.39, 0.29) is 0 Å². The molecule has 0 aliphatic carbocycles. The van der Waals surface area contributed by atoms with E-state index >= 15 is 0 Å². The lowest BCUT2D eigenvalue weighted by Gasteiger charge is -2.29. The fourth-order valence-corrected chi connectivity index (χ4v) is 2.03. The highest BCUT2D eigenvalue weighted by atomic mass is 16.9. The molecular weight excluding hydrogens is 336 g/mol. The van der Waals surface area contributed by atoms with Gasteiger partial charge in [-0.2, -0.15) is 0 Å². The van der Waals surface area contributed by atoms with Crippen molar-refractivity contribution >= 4 is 0 Å². The second kappa shape index (κ2) is 19.5. The molecule has 0 aromatic rings. The van der Waals surface area contributed by atoms with Crippen LogP contribution in [-0.4, -0.2) is 65.4 Å². The summed E-state index contributed by atoms with van der Waals surface area (Å²) in [5.41, 5.74) is 0. The van der Waals surface area contributed by atoms with Crippen LogP contribution in [0.1, 0.15) is 66.2 Å². The van der Waals surface area contributed by atoms with Gasteiger partial charge in [0.15, 0.2) is 0 Å². The Kier molecular flexibility index (Phi) is 19.3. The summed E-state index contributed by atoms with van der Waals surface area (Å²) in [5, 5.41) is 0. The highest BCUT2D eigenvalue weighted by Gasteiger charge is 2.27. The Balaban J connectivity index is 4.02. The van der Waals surface area contributed by atoms with Crippen LogP contribution in [-0.2, 0) is 28.4 Å². The summed E-state index contributed by atoms with van der Waals surface area (Å²) in [6.45, 7) is 13.4. The van der Waals surface area contributed by atoms with Gasteiger partial charge < -0.3 is 28.4 Å². The van der Waals surface area contributed by atoms with Gasteiger partial charge >= 0.3 is 0 Å². The molecule has 0 atom stereocenters. The third kappa shape index (κ3) is 17.2. The fraction of sp³-hybridized carbons (Fsp3) is 1.00. The van der Waals surface area contributed by atoms with Gasteiger partial charge in [-0.3, -0.25) is 0 Å². The minimum absolute atomic E-state index is 0.424. The maximum absolute atomic E-state index is 5.78. The molecule has 0 radical (unpaired) electrons. The van der Waals surface area contributed by atoms with Gasteiger partial charge in [-0.25, -0.2) is 0 Å². The van der Waals surface area contributed by atoms with Crippen molar-refractivity contribution in [1.82, 2.24) is 0 Å². The van der Waals surface area contributed by atoms with Gasteiger partial charge in [0.1, 0.15) is 0 Å². The Hall–Kier alpha value is -0.240. The van der Waals surface area contributed by atoms with E-state index in [2.05, 4.69) is 20.8 Å². The van der Waals surface area contributed by atoms with Crippen LogP contribution in [0.3, 0.4) is 0 Å². The van der Waals surface area contributed by atoms with Gasteiger partial charge in [-0.15, -0.1) is 0 Å². The molecule has 0 aliphatic heterocycles. The molecular formula is C20H42O6. The number of hydrogen-bond acceptors (Lipinski definition) is 6. The van der Waals surface area contributed by atoms with Crippen LogP contribution in [0.5, 0.6) is 0 Å². The molecule has 0 aromatic carbocycles. The molecule has 158 valence electrons. The van der Waals surface area contributed by atoms with E-state index in [4.69, 9.17) is 28.4 Å². The maximum Gasteiger partial charge on any atom is 0.280 e. The molecule has 0 heterocycles. The minimum atomic E-state index is -1.10. The fourth-order valence-electron chi connectivity index (χ4n) is 2.03. The van der Waals surface area contributed by atoms with E-state index in [1.807, 2.05) is 0 Å². The summed E-state index contributed by atoms with van der Waals surface area (Å²) in [7, 11) is 0. The molecule has 0 aliphatic rings. The Morgan fingerprint density at radius 1 is 0.462 bits per heavy atom. The van der Waals surface area contributed by atoms with Crippen molar-refractivity contribution in [3.63, 3.8) is 0 Å². The molecule has 6 heteroatoms. The van der Waals surface area contributed by atoms with Gasteiger partial charge in [-0.1, -0.05) is 40.0 Å². The van der Waals surface area contributed by atoms with Crippen LogP contribution in [0.4, 0.5) is 0 Å². The molecule has 0 fully saturated rings. The Bertz CT molecular complexity index is 234. The molecule has 0 bridgehead atoms. The van der Waals surface area contributed by atoms with Gasteiger partial charge in [0, 0.05) is 26.7 Å². The van der Waals surface area contributed by atoms with E-state index in [0.717, 1.165) is 58.3 Å². The Labute approximate surface area is 160 Å². The third-order valence-corrected chi connectivity index (χ3v) is 3.70. The van der Waals surface area contributed by atoms with E-state index in [9.17, 15) is 0 Å². The summed E-state index contributed by atoms with van der Waals surface area (Å²) >= 11 is 0. The summed E-state index contributed by atoms with van der Waals surface area (Å²) in [6, 6.07) is 0. The molecule has 0 spiro atoms. The van der Waals surface area contributed by atoms with E-state index < -0.39 is 5.97 Å². The first-order valence-corrected chi connectivity index (χ1v) is 10.3. The molecule has 0 saturated heterocycles. The average Bonchev–Trinajstić information content (AvgIpc) is 2.64. The van der Waals surface area contributed by atoms with Gasteiger partial charge in [0.05, 0.1) is 39.6 Å². The smallest absolute Gasteiger partial charge is 0.280 e. The van der Waals surface area contributed by atoms with Crippen LogP contribution in [0, 0.1) is 0 Å². The first kappa shape index (κ1) is 25.8. The summed E-state index contributed by atoms with van der Waals surface area (Å²) in [6.07, 6.45) is 6.57. The maximum atomic E-state index is 5.78. The van der Waals surface area contributed by atoms with Crippen LogP contribution >= 0.6 is 0 Å². The number of hydrogen-bond donors (Lipinski definition) is 0. The predicted octanol–water partition coefficient (Wildman–Crippen LogP) is 4.16. The second-order valence-electron chi connectivity index (χ2n) is 6.31. The zero-order valence-electron chi connectivity index (χ0n) is 17.6. The molecule has 0 rings (SSSR count). The largest absolute Gasteiger partial charge is 0.379 e. The van der Waals surface area contributed by atoms with Crippen molar-refractivity contribution in [1.29, 1.82) is 0 Å². The van der Waals surface area contributed by atoms with Crippen molar-refractivity contribution in [2.24, 2.45) is 0 Å². The third-order valence-electron chi connectivity index (χ3n) is 3.70. The van der Waals surface area contributed by atoms with Gasteiger partial charge in [0.25, 0.3) is 5.97 Å². The molecule has 26 heavy (non-hydrogen) atoms. The van der Waals surface area contributed by atoms with Crippen LogP contribution < -0.4 is 0 Å². The lowest BCUT2D eigenvalue weighted by atomic mass is 10.4. The standard InChI is InChI=1S/C20H42O6/c1-5-8-11-21-14-17-24-20(4,25-18-15-22-12-9-6-2)26-19-16-23-13-10-7-3/h5-19H2,1-4H3. The molecule has 0 unspecified atom stereocenters. The van der Waals surface area contributed by atoms with Crippen LogP contribution in [0.25, 0.3) is 0 Å². The first-order valence-electron chi connectivity index (χ1n) is 10.3. The van der Waals surface area contributed by atoms with Crippen molar-refractivity contribution in [2.45, 2.75) is 72.2 Å². The summed E-state index contributed by atoms with van der Waals surface area (Å²) in [5.74, 6) is -1.10. The zero-order chi connectivity index (χ0) is 19.3. The first-order chi connectivity index (χ1) is 12.7. The van der Waals surface area contributed by atoms with Gasteiger partial charge in [-0.05, 0) is 19.3 Å². The predicted molar refractivity (Wildman–Crippen MR) is 103 cm³/mol. The van der Waals surface area contributed by atoms with E-state index in [1.165, 1.54) is 0 Å². The topological polar surface area (TPSA) is 55.4 Å². The second-order valence-corrected chi connectivity index (χ2v) is 6.31. The van der Waals surface area contributed by atoms with Crippen molar-refractivity contribution in [3.8, 4) is 0 Å². The van der Waals surface area contributed by atoms with Crippen LogP contribution in [0.15, 0.2) is 0 Å². The molecule has 0 saturated carbocycles. The lowest BCUT2D eigenvalue weighted by molar-refractivity contribution is -0.374. The van der Waals surface area contributed by atoms with E-state index in [0.29, 0.717) is 39.6 Å². The SMILES string of the molecule is CCCCOCCOC(C)(OCCOCCCC)OCCOCCCC.